The number of hydrogen-bond donors (Lipinski definition) is 3. The molecule has 2 amide bonds. The summed E-state index contributed by atoms with van der Waals surface area (Å²) < 4.78 is 0. The molecule has 0 radical (unpaired) electrons. The zero-order valence-electron chi connectivity index (χ0n) is 11.2. The third-order valence-corrected chi connectivity index (χ3v) is 3.70. The van der Waals surface area contributed by atoms with E-state index in [9.17, 15) is 9.59 Å². The first-order valence-electron chi connectivity index (χ1n) is 6.80. The number of aliphatic carboxylic acids is 1. The molecule has 5 nitrogen and oxygen atoms in total. The minimum absolute atomic E-state index is 0.195. The van der Waals surface area contributed by atoms with E-state index in [1.807, 2.05) is 0 Å². The Labute approximate surface area is 108 Å². The van der Waals surface area contributed by atoms with Gasteiger partial charge in [-0.05, 0) is 38.0 Å². The molecule has 18 heavy (non-hydrogen) atoms. The van der Waals surface area contributed by atoms with Gasteiger partial charge in [0.25, 0.3) is 0 Å². The van der Waals surface area contributed by atoms with Gasteiger partial charge in [-0.1, -0.05) is 13.8 Å². The van der Waals surface area contributed by atoms with Gasteiger partial charge in [0, 0.05) is 12.6 Å². The maximum absolute atomic E-state index is 11.6. The molecule has 0 spiro atoms. The molecule has 104 valence electrons. The van der Waals surface area contributed by atoms with Gasteiger partial charge in [-0.3, -0.25) is 4.79 Å². The van der Waals surface area contributed by atoms with Crippen molar-refractivity contribution in [1.29, 1.82) is 0 Å². The highest BCUT2D eigenvalue weighted by atomic mass is 16.4. The Hall–Kier alpha value is -1.26. The van der Waals surface area contributed by atoms with E-state index in [1.165, 1.54) is 0 Å². The van der Waals surface area contributed by atoms with Crippen molar-refractivity contribution in [2.75, 3.05) is 6.54 Å². The van der Waals surface area contributed by atoms with Crippen molar-refractivity contribution in [3.8, 4) is 0 Å². The molecule has 1 fully saturated rings. The molecular formula is C13H24N2O3. The number of nitrogens with one attached hydrogen (secondary N) is 2. The second-order valence-electron chi connectivity index (χ2n) is 5.25. The highest BCUT2D eigenvalue weighted by Gasteiger charge is 2.20. The van der Waals surface area contributed by atoms with Crippen LogP contribution in [-0.4, -0.2) is 29.7 Å². The van der Waals surface area contributed by atoms with Gasteiger partial charge in [0.15, 0.2) is 0 Å². The fourth-order valence-corrected chi connectivity index (χ4v) is 2.26. The first-order valence-corrected chi connectivity index (χ1v) is 6.80. The summed E-state index contributed by atoms with van der Waals surface area (Å²) in [6, 6.07) is 0.000331. The van der Waals surface area contributed by atoms with Crippen LogP contribution in [0.5, 0.6) is 0 Å². The predicted octanol–water partition coefficient (Wildman–Crippen LogP) is 1.98. The molecule has 0 aromatic rings. The van der Waals surface area contributed by atoms with Crippen LogP contribution in [0.15, 0.2) is 0 Å². The van der Waals surface area contributed by atoms with Gasteiger partial charge in [-0.15, -0.1) is 0 Å². The van der Waals surface area contributed by atoms with Crippen LogP contribution in [0.3, 0.4) is 0 Å². The molecule has 0 aromatic heterocycles. The first-order chi connectivity index (χ1) is 8.52. The molecule has 3 N–H and O–H groups in total. The number of carbonyl (C=O) groups is 2. The standard InChI is InChI=1S/C13H24N2O3/c1-3-10(12(16)17)8-14-13(18)15-11-6-4-9(2)5-7-11/h9-11H,3-8H2,1-2H3,(H,16,17)(H2,14,15,18). The Morgan fingerprint density at radius 3 is 2.39 bits per heavy atom. The van der Waals surface area contributed by atoms with Gasteiger partial charge >= 0.3 is 12.0 Å². The van der Waals surface area contributed by atoms with Crippen molar-refractivity contribution in [3.05, 3.63) is 0 Å². The zero-order chi connectivity index (χ0) is 13.5. The zero-order valence-corrected chi connectivity index (χ0v) is 11.2. The van der Waals surface area contributed by atoms with E-state index in [0.717, 1.165) is 31.6 Å². The van der Waals surface area contributed by atoms with Gasteiger partial charge in [0.2, 0.25) is 0 Å². The predicted molar refractivity (Wildman–Crippen MR) is 69.4 cm³/mol. The number of carboxylic acid groups (broad SMARTS) is 1. The Bertz CT molecular complexity index is 286. The number of rotatable bonds is 5. The number of carboxylic acids is 1. The number of hydrogen-bond acceptors (Lipinski definition) is 2. The normalized spacial score (nSPS) is 25.2. The molecule has 1 rings (SSSR count). The number of amides is 2. The third-order valence-electron chi connectivity index (χ3n) is 3.70. The lowest BCUT2D eigenvalue weighted by Gasteiger charge is -2.27. The number of carbonyl (C=O) groups excluding carboxylic acids is 1. The van der Waals surface area contributed by atoms with Crippen LogP contribution >= 0.6 is 0 Å². The topological polar surface area (TPSA) is 78.4 Å². The lowest BCUT2D eigenvalue weighted by Crippen LogP contribution is -2.45. The maximum Gasteiger partial charge on any atom is 0.315 e. The molecule has 0 heterocycles. The smallest absolute Gasteiger partial charge is 0.315 e. The van der Waals surface area contributed by atoms with E-state index < -0.39 is 11.9 Å². The fraction of sp³-hybridized carbons (Fsp3) is 0.846. The van der Waals surface area contributed by atoms with Crippen LogP contribution in [0.25, 0.3) is 0 Å². The molecule has 1 atom stereocenters. The van der Waals surface area contributed by atoms with E-state index in [2.05, 4.69) is 17.6 Å². The maximum atomic E-state index is 11.6. The van der Waals surface area contributed by atoms with Gasteiger partial charge < -0.3 is 15.7 Å². The highest BCUT2D eigenvalue weighted by Crippen LogP contribution is 2.23. The molecule has 0 aromatic carbocycles. The van der Waals surface area contributed by atoms with Crippen molar-refractivity contribution in [2.24, 2.45) is 11.8 Å². The lowest BCUT2D eigenvalue weighted by molar-refractivity contribution is -0.141. The van der Waals surface area contributed by atoms with E-state index in [-0.39, 0.29) is 18.6 Å². The molecule has 1 aliphatic rings. The van der Waals surface area contributed by atoms with Crippen LogP contribution in [-0.2, 0) is 4.79 Å². The average molecular weight is 256 g/mol. The summed E-state index contributed by atoms with van der Waals surface area (Å²) >= 11 is 0. The first kappa shape index (κ1) is 14.8. The van der Waals surface area contributed by atoms with Gasteiger partial charge in [-0.2, -0.15) is 0 Å². The van der Waals surface area contributed by atoms with Crippen molar-refractivity contribution >= 4 is 12.0 Å². The Morgan fingerprint density at radius 2 is 1.89 bits per heavy atom. The Morgan fingerprint density at radius 1 is 1.28 bits per heavy atom. The van der Waals surface area contributed by atoms with Crippen LogP contribution in [0.1, 0.15) is 46.0 Å². The van der Waals surface area contributed by atoms with E-state index in [0.29, 0.717) is 6.42 Å². The van der Waals surface area contributed by atoms with E-state index in [1.54, 1.807) is 6.92 Å². The van der Waals surface area contributed by atoms with Gasteiger partial charge in [0.1, 0.15) is 0 Å². The van der Waals surface area contributed by atoms with Gasteiger partial charge in [0.05, 0.1) is 5.92 Å². The summed E-state index contributed by atoms with van der Waals surface area (Å²) in [4.78, 5) is 22.4. The Balaban J connectivity index is 2.23. The van der Waals surface area contributed by atoms with Crippen molar-refractivity contribution in [2.45, 2.75) is 52.0 Å². The SMILES string of the molecule is CCC(CNC(=O)NC1CCC(C)CC1)C(=O)O. The van der Waals surface area contributed by atoms with Crippen LogP contribution in [0.4, 0.5) is 4.79 Å². The summed E-state index contributed by atoms with van der Waals surface area (Å²) in [5.41, 5.74) is 0. The quantitative estimate of drug-likeness (QED) is 0.703. The second-order valence-corrected chi connectivity index (χ2v) is 5.25. The summed E-state index contributed by atoms with van der Waals surface area (Å²) in [6.07, 6.45) is 4.86. The molecule has 1 unspecified atom stereocenters. The number of urea groups is 1. The van der Waals surface area contributed by atoms with Crippen LogP contribution in [0, 0.1) is 11.8 Å². The molecule has 5 heteroatoms. The molecule has 0 aliphatic heterocycles. The molecular weight excluding hydrogens is 232 g/mol. The monoisotopic (exact) mass is 256 g/mol. The lowest BCUT2D eigenvalue weighted by atomic mass is 9.87. The minimum atomic E-state index is -0.857. The fourth-order valence-electron chi connectivity index (χ4n) is 2.26. The molecule has 0 saturated heterocycles. The van der Waals surface area contributed by atoms with Crippen LogP contribution < -0.4 is 10.6 Å². The van der Waals surface area contributed by atoms with Crippen molar-refractivity contribution < 1.29 is 14.7 Å². The molecule has 1 aliphatic carbocycles. The summed E-state index contributed by atoms with van der Waals surface area (Å²) in [5.74, 6) is -0.603. The minimum Gasteiger partial charge on any atom is -0.481 e. The average Bonchev–Trinajstić information content (AvgIpc) is 2.32. The van der Waals surface area contributed by atoms with Crippen molar-refractivity contribution in [1.82, 2.24) is 10.6 Å². The summed E-state index contributed by atoms with van der Waals surface area (Å²) in [7, 11) is 0. The summed E-state index contributed by atoms with van der Waals surface area (Å²) in [6.45, 7) is 4.23. The Kier molecular flexibility index (Phi) is 5.95. The highest BCUT2D eigenvalue weighted by molar-refractivity contribution is 5.76. The summed E-state index contributed by atoms with van der Waals surface area (Å²) in [5, 5.41) is 14.4. The van der Waals surface area contributed by atoms with Crippen molar-refractivity contribution in [3.63, 3.8) is 0 Å². The largest absolute Gasteiger partial charge is 0.481 e. The third kappa shape index (κ3) is 4.94. The van der Waals surface area contributed by atoms with Crippen LogP contribution in [0.2, 0.25) is 0 Å². The van der Waals surface area contributed by atoms with E-state index in [4.69, 9.17) is 5.11 Å². The molecule has 1 saturated carbocycles. The van der Waals surface area contributed by atoms with Gasteiger partial charge in [-0.25, -0.2) is 4.79 Å². The second kappa shape index (κ2) is 7.24. The molecule has 0 bridgehead atoms. The van der Waals surface area contributed by atoms with E-state index >= 15 is 0 Å².